The van der Waals surface area contributed by atoms with Crippen LogP contribution in [-0.2, 0) is 14.3 Å². The van der Waals surface area contributed by atoms with Gasteiger partial charge in [0.2, 0.25) is 0 Å². The molecular formula is C14H24O5S. The number of aliphatic hydroxyl groups is 2. The standard InChI is InChI=1S/C14H24O5S/c1-11(15)6-4-3-5-7-12(16)10-14(18)20-9-8-13(17)19-2/h5,7,11-12,15-16H,3-4,6,8-10H2,1-2H3/b7-5+/t11-,12+/m1/s1. The highest BCUT2D eigenvalue weighted by molar-refractivity contribution is 8.13. The SMILES string of the molecule is COC(=O)CCSC(=O)C[C@@H](O)/C=C/CCC[C@@H](C)O. The lowest BCUT2D eigenvalue weighted by molar-refractivity contribution is -0.140. The largest absolute Gasteiger partial charge is 0.469 e. The Morgan fingerprint density at radius 2 is 2.05 bits per heavy atom. The molecular weight excluding hydrogens is 280 g/mol. The van der Waals surface area contributed by atoms with Crippen molar-refractivity contribution < 1.29 is 24.5 Å². The van der Waals surface area contributed by atoms with Crippen LogP contribution >= 0.6 is 11.8 Å². The molecule has 0 rings (SSSR count). The summed E-state index contributed by atoms with van der Waals surface area (Å²) in [4.78, 5) is 22.3. The molecule has 0 saturated heterocycles. The number of unbranched alkanes of at least 4 members (excludes halogenated alkanes) is 1. The van der Waals surface area contributed by atoms with Gasteiger partial charge in [-0.05, 0) is 26.2 Å². The average Bonchev–Trinajstić information content (AvgIpc) is 2.37. The number of thioether (sulfide) groups is 1. The maximum absolute atomic E-state index is 11.5. The van der Waals surface area contributed by atoms with Crippen LogP contribution < -0.4 is 0 Å². The van der Waals surface area contributed by atoms with Gasteiger partial charge in [0.15, 0.2) is 5.12 Å². The van der Waals surface area contributed by atoms with Gasteiger partial charge in [-0.1, -0.05) is 23.9 Å². The minimum atomic E-state index is -0.792. The highest BCUT2D eigenvalue weighted by Crippen LogP contribution is 2.11. The van der Waals surface area contributed by atoms with Gasteiger partial charge in [-0.2, -0.15) is 0 Å². The van der Waals surface area contributed by atoms with E-state index in [1.807, 2.05) is 6.08 Å². The Morgan fingerprint density at radius 1 is 1.35 bits per heavy atom. The van der Waals surface area contributed by atoms with E-state index in [4.69, 9.17) is 5.11 Å². The summed E-state index contributed by atoms with van der Waals surface area (Å²) in [5.74, 6) is 0.0277. The Balaban J connectivity index is 3.68. The first kappa shape index (κ1) is 19.1. The van der Waals surface area contributed by atoms with Crippen LogP contribution in [-0.4, -0.2) is 46.4 Å². The zero-order chi connectivity index (χ0) is 15.4. The van der Waals surface area contributed by atoms with Crippen molar-refractivity contribution in [2.45, 2.75) is 51.2 Å². The molecule has 0 aromatic carbocycles. The first-order valence-corrected chi connectivity index (χ1v) is 7.69. The van der Waals surface area contributed by atoms with Crippen molar-refractivity contribution in [2.75, 3.05) is 12.9 Å². The van der Waals surface area contributed by atoms with Gasteiger partial charge < -0.3 is 14.9 Å². The number of rotatable bonds is 10. The van der Waals surface area contributed by atoms with Crippen LogP contribution in [0.1, 0.15) is 39.0 Å². The Labute approximate surface area is 124 Å². The molecule has 0 radical (unpaired) electrons. The molecule has 0 bridgehead atoms. The normalized spacial score (nSPS) is 14.2. The zero-order valence-electron chi connectivity index (χ0n) is 12.1. The molecule has 0 saturated carbocycles. The summed E-state index contributed by atoms with van der Waals surface area (Å²) in [5, 5.41) is 18.5. The molecule has 116 valence electrons. The van der Waals surface area contributed by atoms with E-state index in [0.717, 1.165) is 31.0 Å². The minimum Gasteiger partial charge on any atom is -0.469 e. The minimum absolute atomic E-state index is 0.0404. The molecule has 0 aromatic heterocycles. The summed E-state index contributed by atoms with van der Waals surface area (Å²) >= 11 is 1.03. The fraction of sp³-hybridized carbons (Fsp3) is 0.714. The molecule has 5 nitrogen and oxygen atoms in total. The number of carbonyl (C=O) groups excluding carboxylic acids is 2. The molecule has 0 aliphatic heterocycles. The summed E-state index contributed by atoms with van der Waals surface area (Å²) in [6, 6.07) is 0. The molecule has 0 aromatic rings. The first-order chi connectivity index (χ1) is 9.45. The quantitative estimate of drug-likeness (QED) is 0.363. The Morgan fingerprint density at radius 3 is 2.65 bits per heavy atom. The molecule has 0 spiro atoms. The molecule has 2 N–H and O–H groups in total. The average molecular weight is 304 g/mol. The second kappa shape index (κ2) is 11.9. The van der Waals surface area contributed by atoms with Crippen LogP contribution in [0.3, 0.4) is 0 Å². The molecule has 6 heteroatoms. The van der Waals surface area contributed by atoms with E-state index < -0.39 is 6.10 Å². The first-order valence-electron chi connectivity index (χ1n) is 6.71. The number of ether oxygens (including phenoxy) is 1. The summed E-state index contributed by atoms with van der Waals surface area (Å²) in [7, 11) is 1.31. The molecule has 0 amide bonds. The van der Waals surface area contributed by atoms with Crippen molar-refractivity contribution in [3.8, 4) is 0 Å². The molecule has 2 atom stereocenters. The number of esters is 1. The maximum atomic E-state index is 11.5. The van der Waals surface area contributed by atoms with Crippen LogP contribution in [0.2, 0.25) is 0 Å². The lowest BCUT2D eigenvalue weighted by Crippen LogP contribution is -2.09. The summed E-state index contributed by atoms with van der Waals surface area (Å²) in [6.07, 6.45) is 4.90. The van der Waals surface area contributed by atoms with E-state index in [-0.39, 0.29) is 30.0 Å². The number of aliphatic hydroxyl groups excluding tert-OH is 2. The van der Waals surface area contributed by atoms with Gasteiger partial charge in [0.25, 0.3) is 0 Å². The summed E-state index contributed by atoms with van der Waals surface area (Å²) in [6.45, 7) is 1.74. The Kier molecular flexibility index (Phi) is 11.4. The number of hydrogen-bond donors (Lipinski definition) is 2. The topological polar surface area (TPSA) is 83.8 Å². The third kappa shape index (κ3) is 12.2. The van der Waals surface area contributed by atoms with E-state index in [2.05, 4.69) is 4.74 Å². The van der Waals surface area contributed by atoms with E-state index in [0.29, 0.717) is 5.75 Å². The van der Waals surface area contributed by atoms with Gasteiger partial charge in [0.1, 0.15) is 0 Å². The predicted octanol–water partition coefficient (Wildman–Crippen LogP) is 1.67. The highest BCUT2D eigenvalue weighted by atomic mass is 32.2. The van der Waals surface area contributed by atoms with Crippen LogP contribution in [0.5, 0.6) is 0 Å². The van der Waals surface area contributed by atoms with Gasteiger partial charge in [0, 0.05) is 12.2 Å². The zero-order valence-corrected chi connectivity index (χ0v) is 12.9. The van der Waals surface area contributed by atoms with Crippen molar-refractivity contribution in [3.05, 3.63) is 12.2 Å². The van der Waals surface area contributed by atoms with Gasteiger partial charge in [-0.15, -0.1) is 0 Å². The van der Waals surface area contributed by atoms with Gasteiger partial charge in [-0.3, -0.25) is 9.59 Å². The van der Waals surface area contributed by atoms with E-state index in [1.54, 1.807) is 13.0 Å². The fourth-order valence-corrected chi connectivity index (χ4v) is 2.22. The van der Waals surface area contributed by atoms with Crippen molar-refractivity contribution in [3.63, 3.8) is 0 Å². The fourth-order valence-electron chi connectivity index (χ4n) is 1.43. The molecule has 0 heterocycles. The Hall–Kier alpha value is -0.850. The van der Waals surface area contributed by atoms with Crippen LogP contribution in [0.15, 0.2) is 12.2 Å². The number of allylic oxidation sites excluding steroid dienone is 1. The molecule has 0 aliphatic rings. The van der Waals surface area contributed by atoms with Crippen LogP contribution in [0.4, 0.5) is 0 Å². The van der Waals surface area contributed by atoms with E-state index in [1.165, 1.54) is 7.11 Å². The van der Waals surface area contributed by atoms with Gasteiger partial charge >= 0.3 is 5.97 Å². The maximum Gasteiger partial charge on any atom is 0.306 e. The van der Waals surface area contributed by atoms with Crippen molar-refractivity contribution >= 4 is 22.8 Å². The predicted molar refractivity (Wildman–Crippen MR) is 79.4 cm³/mol. The monoisotopic (exact) mass is 304 g/mol. The number of carbonyl (C=O) groups is 2. The second-order valence-electron chi connectivity index (χ2n) is 4.53. The van der Waals surface area contributed by atoms with Crippen molar-refractivity contribution in [2.24, 2.45) is 0 Å². The Bertz CT molecular complexity index is 315. The molecule has 0 aliphatic carbocycles. The van der Waals surface area contributed by atoms with Gasteiger partial charge in [-0.25, -0.2) is 0 Å². The summed E-state index contributed by atoms with van der Waals surface area (Å²) in [5.41, 5.74) is 0. The number of methoxy groups -OCH3 is 1. The highest BCUT2D eigenvalue weighted by Gasteiger charge is 2.10. The third-order valence-corrected chi connectivity index (χ3v) is 3.42. The molecule has 0 unspecified atom stereocenters. The van der Waals surface area contributed by atoms with Crippen LogP contribution in [0.25, 0.3) is 0 Å². The lowest BCUT2D eigenvalue weighted by Gasteiger charge is -2.05. The van der Waals surface area contributed by atoms with Gasteiger partial charge in [0.05, 0.1) is 25.7 Å². The number of hydrogen-bond acceptors (Lipinski definition) is 6. The second-order valence-corrected chi connectivity index (χ2v) is 5.68. The smallest absolute Gasteiger partial charge is 0.306 e. The van der Waals surface area contributed by atoms with E-state index in [9.17, 15) is 14.7 Å². The van der Waals surface area contributed by atoms with Crippen LogP contribution in [0, 0.1) is 0 Å². The van der Waals surface area contributed by atoms with E-state index >= 15 is 0 Å². The lowest BCUT2D eigenvalue weighted by atomic mass is 10.1. The molecule has 20 heavy (non-hydrogen) atoms. The molecule has 0 fully saturated rings. The summed E-state index contributed by atoms with van der Waals surface area (Å²) < 4.78 is 4.46. The van der Waals surface area contributed by atoms with Crippen molar-refractivity contribution in [1.29, 1.82) is 0 Å². The third-order valence-electron chi connectivity index (χ3n) is 2.52. The van der Waals surface area contributed by atoms with Crippen molar-refractivity contribution in [1.82, 2.24) is 0 Å².